The number of carbonyl (C=O) groups excluding carboxylic acids is 1. The van der Waals surface area contributed by atoms with Gasteiger partial charge in [-0.3, -0.25) is 9.59 Å². The highest BCUT2D eigenvalue weighted by Crippen LogP contribution is 2.29. The van der Waals surface area contributed by atoms with Crippen molar-refractivity contribution in [3.8, 4) is 0 Å². The number of carbonyl (C=O) groups is 2. The van der Waals surface area contributed by atoms with Gasteiger partial charge in [0.25, 0.3) is 0 Å². The van der Waals surface area contributed by atoms with Crippen molar-refractivity contribution in [3.63, 3.8) is 0 Å². The first-order valence-corrected chi connectivity index (χ1v) is 5.24. The zero-order valence-electron chi connectivity index (χ0n) is 8.95. The molecule has 0 aromatic rings. The summed E-state index contributed by atoms with van der Waals surface area (Å²) in [6.07, 6.45) is 4.03. The van der Waals surface area contributed by atoms with Gasteiger partial charge in [0.05, 0.1) is 0 Å². The van der Waals surface area contributed by atoms with Gasteiger partial charge in [0, 0.05) is 12.0 Å². The van der Waals surface area contributed by atoms with Crippen LogP contribution in [0.2, 0.25) is 0 Å². The molecule has 1 amide bonds. The molecule has 1 rings (SSSR count). The van der Waals surface area contributed by atoms with Crippen molar-refractivity contribution in [2.75, 3.05) is 0 Å². The monoisotopic (exact) mass is 214 g/mol. The Labute approximate surface area is 89.0 Å². The number of amides is 1. The minimum atomic E-state index is -1.03. The van der Waals surface area contributed by atoms with Crippen LogP contribution in [0.25, 0.3) is 0 Å². The van der Waals surface area contributed by atoms with E-state index in [4.69, 9.17) is 10.8 Å². The van der Waals surface area contributed by atoms with E-state index < -0.39 is 17.6 Å². The van der Waals surface area contributed by atoms with E-state index in [1.807, 2.05) is 0 Å². The van der Waals surface area contributed by atoms with Crippen LogP contribution in [0.4, 0.5) is 0 Å². The zero-order valence-corrected chi connectivity index (χ0v) is 8.95. The molecule has 0 aromatic heterocycles. The molecule has 15 heavy (non-hydrogen) atoms. The van der Waals surface area contributed by atoms with Crippen LogP contribution in [0, 0.1) is 0 Å². The Balaban J connectivity index is 2.38. The summed E-state index contributed by atoms with van der Waals surface area (Å²) in [4.78, 5) is 22.0. The predicted molar refractivity (Wildman–Crippen MR) is 55.2 cm³/mol. The first-order chi connectivity index (χ1) is 6.93. The molecule has 0 saturated heterocycles. The fraction of sp³-hybridized carbons (Fsp3) is 0.800. The molecule has 1 fully saturated rings. The van der Waals surface area contributed by atoms with E-state index in [-0.39, 0.29) is 12.3 Å². The van der Waals surface area contributed by atoms with E-state index in [0.717, 1.165) is 25.7 Å². The highest BCUT2D eigenvalue weighted by Gasteiger charge is 2.32. The van der Waals surface area contributed by atoms with E-state index in [2.05, 4.69) is 5.32 Å². The molecule has 5 nitrogen and oxygen atoms in total. The summed E-state index contributed by atoms with van der Waals surface area (Å²) in [7, 11) is 0. The molecule has 0 aromatic carbocycles. The Morgan fingerprint density at radius 1 is 1.47 bits per heavy atom. The molecule has 0 heterocycles. The van der Waals surface area contributed by atoms with E-state index in [1.54, 1.807) is 0 Å². The smallest absolute Gasteiger partial charge is 0.325 e. The lowest BCUT2D eigenvalue weighted by Gasteiger charge is -2.23. The molecule has 1 aliphatic rings. The average molecular weight is 214 g/mol. The van der Waals surface area contributed by atoms with E-state index in [9.17, 15) is 9.59 Å². The molecule has 5 heteroatoms. The van der Waals surface area contributed by atoms with Gasteiger partial charge in [-0.2, -0.15) is 0 Å². The summed E-state index contributed by atoms with van der Waals surface area (Å²) in [6, 6.07) is -0.845. The molecular formula is C10H18N2O3. The molecule has 0 radical (unpaired) electrons. The molecule has 1 atom stereocenters. The standard InChI is InChI=1S/C10H18N2O3/c1-7(9(14)15)12-8(13)6-10(11)4-2-3-5-10/h7H,2-6,11H2,1H3,(H,12,13)(H,14,15)/t7-/m0/s1. The topological polar surface area (TPSA) is 92.4 Å². The van der Waals surface area contributed by atoms with Gasteiger partial charge in [0.15, 0.2) is 0 Å². The largest absolute Gasteiger partial charge is 0.480 e. The molecule has 0 aliphatic heterocycles. The highest BCUT2D eigenvalue weighted by atomic mass is 16.4. The molecule has 0 unspecified atom stereocenters. The second-order valence-electron chi connectivity index (χ2n) is 4.37. The number of carboxylic acid groups (broad SMARTS) is 1. The van der Waals surface area contributed by atoms with Gasteiger partial charge in [-0.1, -0.05) is 12.8 Å². The van der Waals surface area contributed by atoms with Crippen molar-refractivity contribution >= 4 is 11.9 Å². The van der Waals surface area contributed by atoms with Crippen LogP contribution in [0.3, 0.4) is 0 Å². The molecule has 1 aliphatic carbocycles. The second-order valence-corrected chi connectivity index (χ2v) is 4.37. The van der Waals surface area contributed by atoms with Crippen molar-refractivity contribution in [1.82, 2.24) is 5.32 Å². The van der Waals surface area contributed by atoms with E-state index in [0.29, 0.717) is 0 Å². The summed E-state index contributed by atoms with van der Waals surface area (Å²) >= 11 is 0. The Bertz CT molecular complexity index is 259. The first kappa shape index (κ1) is 12.0. The third-order valence-corrected chi connectivity index (χ3v) is 2.86. The number of hydrogen-bond acceptors (Lipinski definition) is 3. The Morgan fingerprint density at radius 3 is 2.47 bits per heavy atom. The quantitative estimate of drug-likeness (QED) is 0.625. The highest BCUT2D eigenvalue weighted by molar-refractivity contribution is 5.83. The average Bonchev–Trinajstić information content (AvgIpc) is 2.50. The summed E-state index contributed by atoms with van der Waals surface area (Å²) < 4.78 is 0. The van der Waals surface area contributed by atoms with Gasteiger partial charge < -0.3 is 16.2 Å². The maximum absolute atomic E-state index is 11.5. The number of nitrogens with one attached hydrogen (secondary N) is 1. The van der Waals surface area contributed by atoms with Gasteiger partial charge in [-0.15, -0.1) is 0 Å². The number of carboxylic acids is 1. The summed E-state index contributed by atoms with van der Waals surface area (Å²) in [5.74, 6) is -1.30. The number of hydrogen-bond donors (Lipinski definition) is 3. The van der Waals surface area contributed by atoms with Gasteiger partial charge in [-0.25, -0.2) is 0 Å². The molecule has 4 N–H and O–H groups in total. The minimum Gasteiger partial charge on any atom is -0.480 e. The number of nitrogens with two attached hydrogens (primary N) is 1. The molecule has 86 valence electrons. The number of aliphatic carboxylic acids is 1. The number of rotatable bonds is 4. The maximum Gasteiger partial charge on any atom is 0.325 e. The van der Waals surface area contributed by atoms with Crippen LogP contribution < -0.4 is 11.1 Å². The van der Waals surface area contributed by atoms with Crippen molar-refractivity contribution in [3.05, 3.63) is 0 Å². The third-order valence-electron chi connectivity index (χ3n) is 2.86. The Hall–Kier alpha value is -1.10. The van der Waals surface area contributed by atoms with Crippen molar-refractivity contribution in [2.24, 2.45) is 5.73 Å². The van der Waals surface area contributed by atoms with Gasteiger partial charge in [-0.05, 0) is 19.8 Å². The van der Waals surface area contributed by atoms with Gasteiger partial charge in [0.1, 0.15) is 6.04 Å². The third kappa shape index (κ3) is 3.51. The Morgan fingerprint density at radius 2 is 2.00 bits per heavy atom. The van der Waals surface area contributed by atoms with Crippen molar-refractivity contribution in [2.45, 2.75) is 50.6 Å². The van der Waals surface area contributed by atoms with Crippen molar-refractivity contribution < 1.29 is 14.7 Å². The normalized spacial score (nSPS) is 20.9. The molecular weight excluding hydrogens is 196 g/mol. The summed E-state index contributed by atoms with van der Waals surface area (Å²) in [5, 5.41) is 11.0. The van der Waals surface area contributed by atoms with Crippen LogP contribution in [-0.2, 0) is 9.59 Å². The predicted octanol–water partition coefficient (Wildman–Crippen LogP) is 0.237. The van der Waals surface area contributed by atoms with Crippen LogP contribution in [0.1, 0.15) is 39.0 Å². The first-order valence-electron chi connectivity index (χ1n) is 5.24. The van der Waals surface area contributed by atoms with Crippen LogP contribution in [0.5, 0.6) is 0 Å². The lowest BCUT2D eigenvalue weighted by atomic mass is 9.94. The zero-order chi connectivity index (χ0) is 11.5. The van der Waals surface area contributed by atoms with E-state index in [1.165, 1.54) is 6.92 Å². The second kappa shape index (κ2) is 4.61. The molecule has 0 bridgehead atoms. The fourth-order valence-corrected chi connectivity index (χ4v) is 1.93. The SMILES string of the molecule is C[C@H](NC(=O)CC1(N)CCCC1)C(=O)O. The van der Waals surface area contributed by atoms with Gasteiger partial charge in [0.2, 0.25) is 5.91 Å². The van der Waals surface area contributed by atoms with Crippen LogP contribution >= 0.6 is 0 Å². The lowest BCUT2D eigenvalue weighted by molar-refractivity contribution is -0.141. The van der Waals surface area contributed by atoms with Crippen molar-refractivity contribution in [1.29, 1.82) is 0 Å². The summed E-state index contributed by atoms with van der Waals surface area (Å²) in [6.45, 7) is 1.44. The van der Waals surface area contributed by atoms with E-state index >= 15 is 0 Å². The maximum atomic E-state index is 11.5. The van der Waals surface area contributed by atoms with Crippen LogP contribution in [0.15, 0.2) is 0 Å². The van der Waals surface area contributed by atoms with Crippen LogP contribution in [-0.4, -0.2) is 28.6 Å². The van der Waals surface area contributed by atoms with Gasteiger partial charge >= 0.3 is 5.97 Å². The fourth-order valence-electron chi connectivity index (χ4n) is 1.93. The Kier molecular flexibility index (Phi) is 3.68. The molecule has 1 saturated carbocycles. The minimum absolute atomic E-state index is 0.227. The lowest BCUT2D eigenvalue weighted by Crippen LogP contribution is -2.45. The molecule has 0 spiro atoms. The summed E-state index contributed by atoms with van der Waals surface area (Å²) in [5.41, 5.74) is 5.59.